The second-order valence-electron chi connectivity index (χ2n) is 4.36. The molecule has 2 aromatic rings. The molecular weight excluding hydrogens is 252 g/mol. The van der Waals surface area contributed by atoms with E-state index in [-0.39, 0.29) is 5.91 Å². The number of amides is 1. The highest BCUT2D eigenvalue weighted by atomic mass is 16.5. The fourth-order valence-electron chi connectivity index (χ4n) is 1.86. The van der Waals surface area contributed by atoms with Crippen molar-refractivity contribution in [2.75, 3.05) is 19.5 Å². The molecule has 0 saturated carbocycles. The van der Waals surface area contributed by atoms with E-state index in [1.165, 1.54) is 0 Å². The van der Waals surface area contributed by atoms with E-state index in [9.17, 15) is 4.79 Å². The summed E-state index contributed by atoms with van der Waals surface area (Å²) in [6.07, 6.45) is 0. The van der Waals surface area contributed by atoms with Gasteiger partial charge in [-0.2, -0.15) is 0 Å². The standard InChI is InChI=1S/C16H18N2O2/c1-17-16(19)13-4-3-5-14(10-13)18-11-12-6-8-15(20-2)9-7-12/h3-10,18H,11H2,1-2H3,(H,17,19). The molecule has 0 radical (unpaired) electrons. The van der Waals surface area contributed by atoms with Gasteiger partial charge in [0.2, 0.25) is 0 Å². The third-order valence-electron chi connectivity index (χ3n) is 3.01. The first-order valence-electron chi connectivity index (χ1n) is 6.42. The smallest absolute Gasteiger partial charge is 0.251 e. The lowest BCUT2D eigenvalue weighted by molar-refractivity contribution is 0.0963. The number of rotatable bonds is 5. The average Bonchev–Trinajstić information content (AvgIpc) is 2.53. The number of anilines is 1. The number of carbonyl (C=O) groups excluding carboxylic acids is 1. The molecule has 2 aromatic carbocycles. The van der Waals surface area contributed by atoms with E-state index in [1.807, 2.05) is 42.5 Å². The number of carbonyl (C=O) groups is 1. The van der Waals surface area contributed by atoms with E-state index < -0.39 is 0 Å². The first-order chi connectivity index (χ1) is 9.72. The maximum atomic E-state index is 11.6. The van der Waals surface area contributed by atoms with Crippen LogP contribution >= 0.6 is 0 Å². The van der Waals surface area contributed by atoms with Gasteiger partial charge in [-0.15, -0.1) is 0 Å². The van der Waals surface area contributed by atoms with Crippen LogP contribution in [0, 0.1) is 0 Å². The van der Waals surface area contributed by atoms with E-state index in [0.29, 0.717) is 12.1 Å². The van der Waals surface area contributed by atoms with Crippen LogP contribution in [-0.2, 0) is 6.54 Å². The first kappa shape index (κ1) is 13.9. The van der Waals surface area contributed by atoms with Crippen molar-refractivity contribution in [3.8, 4) is 5.75 Å². The Hall–Kier alpha value is -2.49. The minimum Gasteiger partial charge on any atom is -0.497 e. The van der Waals surface area contributed by atoms with Crippen molar-refractivity contribution in [3.63, 3.8) is 0 Å². The topological polar surface area (TPSA) is 50.4 Å². The molecule has 0 heterocycles. The summed E-state index contributed by atoms with van der Waals surface area (Å²) in [5.74, 6) is 0.758. The van der Waals surface area contributed by atoms with Crippen molar-refractivity contribution in [2.45, 2.75) is 6.54 Å². The Balaban J connectivity index is 2.01. The average molecular weight is 270 g/mol. The summed E-state index contributed by atoms with van der Waals surface area (Å²) < 4.78 is 5.12. The van der Waals surface area contributed by atoms with Crippen molar-refractivity contribution >= 4 is 11.6 Å². The minimum absolute atomic E-state index is 0.0851. The Bertz CT molecular complexity index is 579. The minimum atomic E-state index is -0.0851. The van der Waals surface area contributed by atoms with Crippen LogP contribution in [0.3, 0.4) is 0 Å². The molecule has 104 valence electrons. The van der Waals surface area contributed by atoms with Crippen molar-refractivity contribution in [3.05, 3.63) is 59.7 Å². The van der Waals surface area contributed by atoms with Crippen molar-refractivity contribution in [2.24, 2.45) is 0 Å². The van der Waals surface area contributed by atoms with E-state index >= 15 is 0 Å². The Morgan fingerprint density at radius 2 is 1.90 bits per heavy atom. The van der Waals surface area contributed by atoms with Gasteiger partial charge in [-0.25, -0.2) is 0 Å². The molecule has 0 aromatic heterocycles. The van der Waals surface area contributed by atoms with Crippen molar-refractivity contribution < 1.29 is 9.53 Å². The molecule has 1 amide bonds. The van der Waals surface area contributed by atoms with Crippen LogP contribution in [0.1, 0.15) is 15.9 Å². The van der Waals surface area contributed by atoms with E-state index in [4.69, 9.17) is 4.74 Å². The summed E-state index contributed by atoms with van der Waals surface area (Å²) in [4.78, 5) is 11.6. The van der Waals surface area contributed by atoms with Gasteiger partial charge in [-0.1, -0.05) is 18.2 Å². The van der Waals surface area contributed by atoms with Gasteiger partial charge < -0.3 is 15.4 Å². The quantitative estimate of drug-likeness (QED) is 0.878. The van der Waals surface area contributed by atoms with Crippen LogP contribution < -0.4 is 15.4 Å². The summed E-state index contributed by atoms with van der Waals surface area (Å²) in [6.45, 7) is 0.696. The third-order valence-corrected chi connectivity index (χ3v) is 3.01. The summed E-state index contributed by atoms with van der Waals surface area (Å²) >= 11 is 0. The Labute approximate surface area is 118 Å². The second-order valence-corrected chi connectivity index (χ2v) is 4.36. The summed E-state index contributed by atoms with van der Waals surface area (Å²) in [5.41, 5.74) is 2.71. The Morgan fingerprint density at radius 3 is 2.55 bits per heavy atom. The van der Waals surface area contributed by atoms with Gasteiger partial charge in [-0.05, 0) is 35.9 Å². The largest absolute Gasteiger partial charge is 0.497 e. The zero-order valence-electron chi connectivity index (χ0n) is 11.6. The highest BCUT2D eigenvalue weighted by Crippen LogP contribution is 2.14. The summed E-state index contributed by atoms with van der Waals surface area (Å²) in [6, 6.07) is 15.3. The van der Waals surface area contributed by atoms with Gasteiger partial charge >= 0.3 is 0 Å². The number of nitrogens with one attached hydrogen (secondary N) is 2. The predicted molar refractivity (Wildman–Crippen MR) is 80.2 cm³/mol. The van der Waals surface area contributed by atoms with E-state index in [0.717, 1.165) is 17.0 Å². The molecule has 2 N–H and O–H groups in total. The lowest BCUT2D eigenvalue weighted by Crippen LogP contribution is -2.17. The molecule has 0 fully saturated rings. The third kappa shape index (κ3) is 3.51. The van der Waals surface area contributed by atoms with Crippen LogP contribution in [-0.4, -0.2) is 20.1 Å². The molecule has 0 unspecified atom stereocenters. The maximum absolute atomic E-state index is 11.6. The summed E-state index contributed by atoms with van der Waals surface area (Å²) in [5, 5.41) is 5.91. The van der Waals surface area contributed by atoms with Crippen molar-refractivity contribution in [1.29, 1.82) is 0 Å². The molecule has 0 aliphatic rings. The van der Waals surface area contributed by atoms with Crippen LogP contribution in [0.15, 0.2) is 48.5 Å². The SMILES string of the molecule is CNC(=O)c1cccc(NCc2ccc(OC)cc2)c1. The zero-order valence-corrected chi connectivity index (χ0v) is 11.6. The van der Waals surface area contributed by atoms with Gasteiger partial charge in [0.1, 0.15) is 5.75 Å². The van der Waals surface area contributed by atoms with Gasteiger partial charge in [0.15, 0.2) is 0 Å². The lowest BCUT2D eigenvalue weighted by atomic mass is 10.1. The second kappa shape index (κ2) is 6.61. The lowest BCUT2D eigenvalue weighted by Gasteiger charge is -2.08. The monoisotopic (exact) mass is 270 g/mol. The highest BCUT2D eigenvalue weighted by molar-refractivity contribution is 5.94. The first-order valence-corrected chi connectivity index (χ1v) is 6.42. The van der Waals surface area contributed by atoms with Gasteiger partial charge in [0.25, 0.3) is 5.91 Å². The van der Waals surface area contributed by atoms with Crippen LogP contribution in [0.25, 0.3) is 0 Å². The maximum Gasteiger partial charge on any atom is 0.251 e. The molecule has 0 aliphatic carbocycles. The number of ether oxygens (including phenoxy) is 1. The van der Waals surface area contributed by atoms with E-state index in [2.05, 4.69) is 10.6 Å². The van der Waals surface area contributed by atoms with Crippen molar-refractivity contribution in [1.82, 2.24) is 5.32 Å². The van der Waals surface area contributed by atoms with Crippen LogP contribution in [0.4, 0.5) is 5.69 Å². The Morgan fingerprint density at radius 1 is 1.15 bits per heavy atom. The van der Waals surface area contributed by atoms with Gasteiger partial charge in [-0.3, -0.25) is 4.79 Å². The fraction of sp³-hybridized carbons (Fsp3) is 0.188. The van der Waals surface area contributed by atoms with Gasteiger partial charge in [0.05, 0.1) is 7.11 Å². The fourth-order valence-corrected chi connectivity index (χ4v) is 1.86. The molecule has 0 atom stereocenters. The Kier molecular flexibility index (Phi) is 4.60. The molecular formula is C16H18N2O2. The van der Waals surface area contributed by atoms with Crippen LogP contribution in [0.2, 0.25) is 0 Å². The zero-order chi connectivity index (χ0) is 14.4. The molecule has 4 heteroatoms. The molecule has 0 aliphatic heterocycles. The molecule has 0 saturated heterocycles. The van der Waals surface area contributed by atoms with E-state index in [1.54, 1.807) is 20.2 Å². The number of methoxy groups -OCH3 is 1. The predicted octanol–water partition coefficient (Wildman–Crippen LogP) is 2.67. The number of benzene rings is 2. The number of hydrogen-bond acceptors (Lipinski definition) is 3. The van der Waals surface area contributed by atoms with Crippen LogP contribution in [0.5, 0.6) is 5.75 Å². The molecule has 0 bridgehead atoms. The van der Waals surface area contributed by atoms with Gasteiger partial charge in [0, 0.05) is 24.8 Å². The number of hydrogen-bond donors (Lipinski definition) is 2. The molecule has 0 spiro atoms. The molecule has 20 heavy (non-hydrogen) atoms. The molecule has 2 rings (SSSR count). The summed E-state index contributed by atoms with van der Waals surface area (Å²) in [7, 11) is 3.28. The molecule has 4 nitrogen and oxygen atoms in total. The highest BCUT2D eigenvalue weighted by Gasteiger charge is 2.03. The normalized spacial score (nSPS) is 9.90.